The molecule has 1 aliphatic heterocycles. The van der Waals surface area contributed by atoms with E-state index in [1.807, 2.05) is 5.38 Å². The maximum absolute atomic E-state index is 12.2. The quantitative estimate of drug-likeness (QED) is 0.937. The zero-order chi connectivity index (χ0) is 15.5. The number of aromatic nitrogens is 1. The summed E-state index contributed by atoms with van der Waals surface area (Å²) in [7, 11) is 0. The van der Waals surface area contributed by atoms with E-state index >= 15 is 0 Å². The molecule has 0 unspecified atom stereocenters. The Labute approximate surface area is 134 Å². The van der Waals surface area contributed by atoms with Gasteiger partial charge in [-0.2, -0.15) is 0 Å². The summed E-state index contributed by atoms with van der Waals surface area (Å²) in [5.41, 5.74) is 4.48. The number of anilines is 1. The maximum Gasteiger partial charge on any atom is 0.229 e. The van der Waals surface area contributed by atoms with E-state index in [-0.39, 0.29) is 11.8 Å². The zero-order valence-electron chi connectivity index (χ0n) is 12.9. The number of rotatable bonds is 3. The van der Waals surface area contributed by atoms with E-state index in [4.69, 9.17) is 4.74 Å². The van der Waals surface area contributed by atoms with E-state index in [9.17, 15) is 4.79 Å². The monoisotopic (exact) mass is 316 g/mol. The second-order valence-electron chi connectivity index (χ2n) is 5.73. The number of thiazole rings is 1. The van der Waals surface area contributed by atoms with Gasteiger partial charge in [0.15, 0.2) is 5.13 Å². The molecule has 2 heterocycles. The van der Waals surface area contributed by atoms with Crippen molar-refractivity contribution >= 4 is 22.4 Å². The van der Waals surface area contributed by atoms with Crippen LogP contribution in [0.4, 0.5) is 5.13 Å². The van der Waals surface area contributed by atoms with Crippen molar-refractivity contribution < 1.29 is 9.53 Å². The molecule has 1 aromatic carbocycles. The fourth-order valence-electron chi connectivity index (χ4n) is 2.72. The van der Waals surface area contributed by atoms with E-state index < -0.39 is 0 Å². The summed E-state index contributed by atoms with van der Waals surface area (Å²) in [5, 5.41) is 5.62. The highest BCUT2D eigenvalue weighted by Gasteiger charge is 2.22. The number of carbonyl (C=O) groups is 1. The number of nitrogens with zero attached hydrogens (tertiary/aromatic N) is 1. The van der Waals surface area contributed by atoms with Crippen LogP contribution in [0.1, 0.15) is 24.0 Å². The summed E-state index contributed by atoms with van der Waals surface area (Å²) in [6.45, 7) is 5.51. The van der Waals surface area contributed by atoms with Crippen molar-refractivity contribution in [3.63, 3.8) is 0 Å². The lowest BCUT2D eigenvalue weighted by atomic mass is 10.00. The smallest absolute Gasteiger partial charge is 0.229 e. The molecular weight excluding hydrogens is 296 g/mol. The van der Waals surface area contributed by atoms with Gasteiger partial charge in [-0.25, -0.2) is 4.98 Å². The lowest BCUT2D eigenvalue weighted by Gasteiger charge is -2.20. The minimum atomic E-state index is 0.0437. The summed E-state index contributed by atoms with van der Waals surface area (Å²) < 4.78 is 5.29. The Hall–Kier alpha value is -1.72. The van der Waals surface area contributed by atoms with Crippen LogP contribution in [0.25, 0.3) is 11.3 Å². The summed E-state index contributed by atoms with van der Waals surface area (Å²) >= 11 is 1.48. The second-order valence-corrected chi connectivity index (χ2v) is 6.59. The molecule has 116 valence electrons. The summed E-state index contributed by atoms with van der Waals surface area (Å²) in [5.74, 6) is 0.104. The summed E-state index contributed by atoms with van der Waals surface area (Å²) in [4.78, 5) is 16.8. The number of hydrogen-bond acceptors (Lipinski definition) is 4. The molecule has 1 amide bonds. The SMILES string of the molecule is Cc1ccc(-c2csc(NC(=O)C3CCOCC3)n2)c(C)c1. The molecule has 2 aromatic rings. The third-order valence-electron chi connectivity index (χ3n) is 3.98. The van der Waals surface area contributed by atoms with Gasteiger partial charge in [0.1, 0.15) is 0 Å². The number of carbonyl (C=O) groups excluding carboxylic acids is 1. The number of aryl methyl sites for hydroxylation is 2. The average molecular weight is 316 g/mol. The molecule has 0 atom stereocenters. The van der Waals surface area contributed by atoms with Gasteiger partial charge in [0.05, 0.1) is 5.69 Å². The van der Waals surface area contributed by atoms with Crippen molar-refractivity contribution in [2.24, 2.45) is 5.92 Å². The number of benzene rings is 1. The highest BCUT2D eigenvalue weighted by molar-refractivity contribution is 7.14. The van der Waals surface area contributed by atoms with Crippen LogP contribution in [0.5, 0.6) is 0 Å². The zero-order valence-corrected chi connectivity index (χ0v) is 13.7. The molecule has 1 fully saturated rings. The fraction of sp³-hybridized carbons (Fsp3) is 0.412. The molecule has 1 aliphatic rings. The van der Waals surface area contributed by atoms with Gasteiger partial charge in [-0.3, -0.25) is 4.79 Å². The van der Waals surface area contributed by atoms with Crippen LogP contribution in [0.15, 0.2) is 23.6 Å². The minimum absolute atomic E-state index is 0.0437. The van der Waals surface area contributed by atoms with Crippen molar-refractivity contribution in [2.75, 3.05) is 18.5 Å². The minimum Gasteiger partial charge on any atom is -0.381 e. The van der Waals surface area contributed by atoms with Crippen molar-refractivity contribution in [1.82, 2.24) is 4.98 Å². The molecule has 0 saturated carbocycles. The molecule has 0 radical (unpaired) electrons. The molecule has 1 N–H and O–H groups in total. The summed E-state index contributed by atoms with van der Waals surface area (Å²) in [6.07, 6.45) is 1.59. The topological polar surface area (TPSA) is 51.2 Å². The highest BCUT2D eigenvalue weighted by Crippen LogP contribution is 2.28. The Morgan fingerprint density at radius 1 is 1.32 bits per heavy atom. The van der Waals surface area contributed by atoms with Crippen molar-refractivity contribution in [1.29, 1.82) is 0 Å². The van der Waals surface area contributed by atoms with Crippen LogP contribution >= 0.6 is 11.3 Å². The number of ether oxygens (including phenoxy) is 1. The van der Waals surface area contributed by atoms with Gasteiger partial charge in [0.25, 0.3) is 0 Å². The molecule has 4 nitrogen and oxygen atoms in total. The van der Waals surface area contributed by atoms with Gasteiger partial charge >= 0.3 is 0 Å². The van der Waals surface area contributed by atoms with Crippen molar-refractivity contribution in [3.05, 3.63) is 34.7 Å². The first-order chi connectivity index (χ1) is 10.6. The first-order valence-electron chi connectivity index (χ1n) is 7.55. The Kier molecular flexibility index (Phi) is 4.55. The molecular formula is C17H20N2O2S. The van der Waals surface area contributed by atoms with Gasteiger partial charge in [0.2, 0.25) is 5.91 Å². The van der Waals surface area contributed by atoms with Gasteiger partial charge in [-0.15, -0.1) is 11.3 Å². The van der Waals surface area contributed by atoms with Gasteiger partial charge in [-0.1, -0.05) is 23.8 Å². The van der Waals surface area contributed by atoms with E-state index in [2.05, 4.69) is 42.3 Å². The first-order valence-corrected chi connectivity index (χ1v) is 8.43. The normalized spacial score (nSPS) is 15.7. The third kappa shape index (κ3) is 3.36. The van der Waals surface area contributed by atoms with Gasteiger partial charge in [0, 0.05) is 30.1 Å². The Morgan fingerprint density at radius 2 is 2.09 bits per heavy atom. The second kappa shape index (κ2) is 6.58. The number of amides is 1. The van der Waals surface area contributed by atoms with E-state index in [1.54, 1.807) is 0 Å². The van der Waals surface area contributed by atoms with Crippen LogP contribution in [-0.4, -0.2) is 24.1 Å². The fourth-order valence-corrected chi connectivity index (χ4v) is 3.44. The Balaban J connectivity index is 1.72. The van der Waals surface area contributed by atoms with Crippen LogP contribution in [-0.2, 0) is 9.53 Å². The van der Waals surface area contributed by atoms with Crippen LogP contribution in [0.2, 0.25) is 0 Å². The van der Waals surface area contributed by atoms with Crippen molar-refractivity contribution in [3.8, 4) is 11.3 Å². The molecule has 0 spiro atoms. The van der Waals surface area contributed by atoms with Gasteiger partial charge in [-0.05, 0) is 32.3 Å². The average Bonchev–Trinajstić information content (AvgIpc) is 2.96. The molecule has 1 saturated heterocycles. The summed E-state index contributed by atoms with van der Waals surface area (Å²) in [6, 6.07) is 6.32. The predicted octanol–water partition coefficient (Wildman–Crippen LogP) is 3.79. The molecule has 1 aromatic heterocycles. The van der Waals surface area contributed by atoms with Crippen LogP contribution < -0.4 is 5.32 Å². The molecule has 22 heavy (non-hydrogen) atoms. The maximum atomic E-state index is 12.2. The van der Waals surface area contributed by atoms with E-state index in [1.165, 1.54) is 22.5 Å². The standard InChI is InChI=1S/C17H20N2O2S/c1-11-3-4-14(12(2)9-11)15-10-22-17(18-15)19-16(20)13-5-7-21-8-6-13/h3-4,9-10,13H,5-8H2,1-2H3,(H,18,19,20). The third-order valence-corrected chi connectivity index (χ3v) is 4.74. The van der Waals surface area contributed by atoms with Crippen molar-refractivity contribution in [2.45, 2.75) is 26.7 Å². The molecule has 3 rings (SSSR count). The lowest BCUT2D eigenvalue weighted by Crippen LogP contribution is -2.28. The highest BCUT2D eigenvalue weighted by atomic mass is 32.1. The number of hydrogen-bond donors (Lipinski definition) is 1. The van der Waals surface area contributed by atoms with E-state index in [0.29, 0.717) is 18.3 Å². The largest absolute Gasteiger partial charge is 0.381 e. The molecule has 0 aliphatic carbocycles. The van der Waals surface area contributed by atoms with Crippen LogP contribution in [0, 0.1) is 19.8 Å². The Morgan fingerprint density at radius 3 is 2.82 bits per heavy atom. The number of nitrogens with one attached hydrogen (secondary N) is 1. The molecule has 5 heteroatoms. The van der Waals surface area contributed by atoms with Crippen LogP contribution in [0.3, 0.4) is 0 Å². The van der Waals surface area contributed by atoms with Gasteiger partial charge < -0.3 is 10.1 Å². The van der Waals surface area contributed by atoms with E-state index in [0.717, 1.165) is 24.1 Å². The Bertz CT molecular complexity index is 675. The first kappa shape index (κ1) is 15.2. The molecule has 0 bridgehead atoms. The predicted molar refractivity (Wildman–Crippen MR) is 89.2 cm³/mol. The lowest BCUT2D eigenvalue weighted by molar-refractivity contribution is -0.122.